The minimum Gasteiger partial charge on any atom is -0.334 e. The third kappa shape index (κ3) is 4.64. The molecule has 2 nitrogen and oxygen atoms in total. The molecule has 0 spiro atoms. The third-order valence-corrected chi connectivity index (χ3v) is 4.71. The minimum absolute atomic E-state index is 0.238. The Morgan fingerprint density at radius 2 is 2.14 bits per heavy atom. The van der Waals surface area contributed by atoms with Gasteiger partial charge in [-0.3, -0.25) is 4.99 Å². The number of benzene rings is 1. The van der Waals surface area contributed by atoms with Gasteiger partial charge in [-0.05, 0) is 46.5 Å². The van der Waals surface area contributed by atoms with E-state index < -0.39 is 11.7 Å². The molecule has 1 atom stereocenters. The first kappa shape index (κ1) is 16.7. The summed E-state index contributed by atoms with van der Waals surface area (Å²) in [7, 11) is 0. The second-order valence-electron chi connectivity index (χ2n) is 5.35. The number of alkyl halides is 3. The van der Waals surface area contributed by atoms with Gasteiger partial charge in [0, 0.05) is 10.2 Å². The van der Waals surface area contributed by atoms with Gasteiger partial charge in [0.05, 0.1) is 17.3 Å². The first-order valence-corrected chi connectivity index (χ1v) is 8.38. The number of rotatable bonds is 3. The first-order valence-electron chi connectivity index (χ1n) is 6.60. The predicted molar refractivity (Wildman–Crippen MR) is 85.9 cm³/mol. The molecule has 1 aromatic carbocycles. The fraction of sp³-hybridized carbons (Fsp3) is 0.500. The van der Waals surface area contributed by atoms with Crippen LogP contribution >= 0.6 is 27.7 Å². The van der Waals surface area contributed by atoms with Crippen LogP contribution in [0.3, 0.4) is 0 Å². The Morgan fingerprint density at radius 1 is 1.43 bits per heavy atom. The first-order chi connectivity index (χ1) is 9.75. The van der Waals surface area contributed by atoms with E-state index in [0.717, 1.165) is 24.3 Å². The zero-order chi connectivity index (χ0) is 15.6. The van der Waals surface area contributed by atoms with Crippen LogP contribution in [-0.2, 0) is 6.18 Å². The number of aliphatic imine (C=N–C) groups is 1. The quantitative estimate of drug-likeness (QED) is 0.759. The van der Waals surface area contributed by atoms with Gasteiger partial charge in [0.1, 0.15) is 0 Å². The highest BCUT2D eigenvalue weighted by Gasteiger charge is 2.31. The van der Waals surface area contributed by atoms with Crippen LogP contribution < -0.4 is 5.32 Å². The van der Waals surface area contributed by atoms with Gasteiger partial charge in [0.25, 0.3) is 0 Å². The summed E-state index contributed by atoms with van der Waals surface area (Å²) in [5, 5.41) is 3.67. The Hall–Kier alpha value is -0.690. The average molecular weight is 381 g/mol. The van der Waals surface area contributed by atoms with Crippen molar-refractivity contribution in [3.8, 4) is 0 Å². The van der Waals surface area contributed by atoms with Crippen molar-refractivity contribution in [3.05, 3.63) is 28.2 Å². The normalized spacial score (nSPS) is 19.0. The van der Waals surface area contributed by atoms with Crippen molar-refractivity contribution in [1.82, 2.24) is 0 Å². The molecule has 116 valence electrons. The van der Waals surface area contributed by atoms with Crippen molar-refractivity contribution in [1.29, 1.82) is 0 Å². The fourth-order valence-corrected chi connectivity index (χ4v) is 3.37. The predicted octanol–water partition coefficient (Wildman–Crippen LogP) is 5.40. The van der Waals surface area contributed by atoms with Crippen LogP contribution in [0.25, 0.3) is 0 Å². The molecular weight excluding hydrogens is 365 g/mol. The molecule has 1 N–H and O–H groups in total. The van der Waals surface area contributed by atoms with E-state index >= 15 is 0 Å². The lowest BCUT2D eigenvalue weighted by Gasteiger charge is -2.12. The minimum atomic E-state index is -4.35. The Bertz CT molecular complexity index is 544. The van der Waals surface area contributed by atoms with Gasteiger partial charge in [0.15, 0.2) is 5.17 Å². The van der Waals surface area contributed by atoms with Gasteiger partial charge in [-0.2, -0.15) is 13.2 Å². The summed E-state index contributed by atoms with van der Waals surface area (Å²) in [4.78, 5) is 4.52. The van der Waals surface area contributed by atoms with Gasteiger partial charge in [0.2, 0.25) is 0 Å². The Kier molecular flexibility index (Phi) is 5.24. The van der Waals surface area contributed by atoms with E-state index in [1.165, 1.54) is 6.07 Å². The molecule has 2 rings (SSSR count). The van der Waals surface area contributed by atoms with Crippen LogP contribution in [0, 0.1) is 5.92 Å². The smallest absolute Gasteiger partial charge is 0.334 e. The highest BCUT2D eigenvalue weighted by atomic mass is 79.9. The molecule has 0 aromatic heterocycles. The van der Waals surface area contributed by atoms with Crippen LogP contribution in [0.5, 0.6) is 0 Å². The maximum Gasteiger partial charge on any atom is 0.416 e. The summed E-state index contributed by atoms with van der Waals surface area (Å²) in [6, 6.07) is 3.79. The largest absolute Gasteiger partial charge is 0.416 e. The number of nitrogens with zero attached hydrogens (tertiary/aromatic N) is 1. The number of hydrogen-bond donors (Lipinski definition) is 1. The van der Waals surface area contributed by atoms with Crippen LogP contribution in [0.1, 0.15) is 25.8 Å². The zero-order valence-electron chi connectivity index (χ0n) is 11.7. The van der Waals surface area contributed by atoms with Crippen molar-refractivity contribution in [2.75, 3.05) is 11.1 Å². The van der Waals surface area contributed by atoms with Crippen molar-refractivity contribution in [2.24, 2.45) is 10.9 Å². The van der Waals surface area contributed by atoms with E-state index in [1.54, 1.807) is 11.8 Å². The van der Waals surface area contributed by atoms with Gasteiger partial charge in [-0.25, -0.2) is 0 Å². The van der Waals surface area contributed by atoms with E-state index in [4.69, 9.17) is 0 Å². The Morgan fingerprint density at radius 3 is 2.76 bits per heavy atom. The van der Waals surface area contributed by atoms with Crippen LogP contribution in [0.15, 0.2) is 27.7 Å². The second-order valence-corrected chi connectivity index (χ2v) is 7.21. The van der Waals surface area contributed by atoms with Crippen LogP contribution in [0.4, 0.5) is 18.9 Å². The average Bonchev–Trinajstić information content (AvgIpc) is 2.77. The molecule has 0 aliphatic carbocycles. The molecule has 1 unspecified atom stereocenters. The Labute approximate surface area is 134 Å². The number of halogens is 4. The summed E-state index contributed by atoms with van der Waals surface area (Å²) in [5.41, 5.74) is -0.281. The number of amidine groups is 1. The van der Waals surface area contributed by atoms with E-state index in [2.05, 4.69) is 40.1 Å². The Balaban J connectivity index is 2.13. The highest BCUT2D eigenvalue weighted by Crippen LogP contribution is 2.35. The molecule has 7 heteroatoms. The molecule has 0 fully saturated rings. The third-order valence-electron chi connectivity index (χ3n) is 2.99. The summed E-state index contributed by atoms with van der Waals surface area (Å²) in [6.07, 6.45) is -3.36. The molecule has 1 aromatic rings. The number of thioether (sulfide) groups is 1. The lowest BCUT2D eigenvalue weighted by molar-refractivity contribution is -0.137. The van der Waals surface area contributed by atoms with Crippen molar-refractivity contribution in [2.45, 2.75) is 32.5 Å². The topological polar surface area (TPSA) is 24.4 Å². The number of anilines is 1. The van der Waals surface area contributed by atoms with Gasteiger partial charge in [-0.1, -0.05) is 25.6 Å². The second kappa shape index (κ2) is 6.60. The van der Waals surface area contributed by atoms with Crippen LogP contribution in [-0.4, -0.2) is 17.0 Å². The standard InChI is InChI=1S/C14H16BrF3N2S/c1-8(2)5-10-7-21-13(19-10)20-12-6-9(14(16,17)18)3-4-11(12)15/h3-4,6,8,10H,5,7H2,1-2H3,(H,19,20). The highest BCUT2D eigenvalue weighted by molar-refractivity contribution is 9.10. The molecule has 0 saturated carbocycles. The number of nitrogens with one attached hydrogen (secondary N) is 1. The maximum atomic E-state index is 12.7. The zero-order valence-corrected chi connectivity index (χ0v) is 14.1. The monoisotopic (exact) mass is 380 g/mol. The van der Waals surface area contributed by atoms with E-state index in [-0.39, 0.29) is 6.04 Å². The summed E-state index contributed by atoms with van der Waals surface area (Å²) in [6.45, 7) is 4.27. The molecule has 1 aliphatic heterocycles. The van der Waals surface area contributed by atoms with Crippen molar-refractivity contribution >= 4 is 38.5 Å². The number of hydrogen-bond acceptors (Lipinski definition) is 3. The summed E-state index contributed by atoms with van der Waals surface area (Å²) >= 11 is 4.81. The molecular formula is C14H16BrF3N2S. The molecule has 0 saturated heterocycles. The summed E-state index contributed by atoms with van der Waals surface area (Å²) in [5.74, 6) is 1.43. The molecule has 1 heterocycles. The maximum absolute atomic E-state index is 12.7. The van der Waals surface area contributed by atoms with Crippen molar-refractivity contribution < 1.29 is 13.2 Å². The fourth-order valence-electron chi connectivity index (χ4n) is 2.06. The van der Waals surface area contributed by atoms with Gasteiger partial charge >= 0.3 is 6.18 Å². The summed E-state index contributed by atoms with van der Waals surface area (Å²) < 4.78 is 38.8. The van der Waals surface area contributed by atoms with Gasteiger partial charge < -0.3 is 5.32 Å². The van der Waals surface area contributed by atoms with E-state index in [0.29, 0.717) is 21.2 Å². The molecule has 0 amide bonds. The van der Waals surface area contributed by atoms with Crippen LogP contribution in [0.2, 0.25) is 0 Å². The molecule has 0 radical (unpaired) electrons. The SMILES string of the molecule is CC(C)CC1CSC(Nc2cc(C(F)(F)F)ccc2Br)=N1. The molecule has 21 heavy (non-hydrogen) atoms. The lowest BCUT2D eigenvalue weighted by Crippen LogP contribution is -2.10. The molecule has 0 bridgehead atoms. The van der Waals surface area contributed by atoms with E-state index in [9.17, 15) is 13.2 Å². The molecule has 1 aliphatic rings. The van der Waals surface area contributed by atoms with Gasteiger partial charge in [-0.15, -0.1) is 0 Å². The van der Waals surface area contributed by atoms with E-state index in [1.807, 2.05) is 0 Å². The lowest BCUT2D eigenvalue weighted by atomic mass is 10.1. The van der Waals surface area contributed by atoms with Crippen molar-refractivity contribution in [3.63, 3.8) is 0 Å².